The maximum atomic E-state index is 12.6. The number of nitrogens with one attached hydrogen (secondary N) is 1. The highest BCUT2D eigenvalue weighted by atomic mass is 16.5. The maximum Gasteiger partial charge on any atom is 0.335 e. The summed E-state index contributed by atoms with van der Waals surface area (Å²) in [6, 6.07) is 13.7. The molecule has 25 heavy (non-hydrogen) atoms. The van der Waals surface area contributed by atoms with E-state index in [0.29, 0.717) is 30.1 Å². The molecule has 2 aromatic rings. The Bertz CT molecular complexity index is 775. The van der Waals surface area contributed by atoms with Crippen LogP contribution in [0.1, 0.15) is 26.3 Å². The standard InChI is InChI=1S/C19H19NO5/c1-12-14(8-5-9-15(12)19(22)23)18(21)20-16-10-24-11-17(16)25-13-6-3-2-4-7-13/h2-9,16-17H,10-11H2,1H3,(H,20,21)(H,22,23)/t16-,17+/m1/s1. The molecular weight excluding hydrogens is 322 g/mol. The first kappa shape index (κ1) is 17.0. The third kappa shape index (κ3) is 3.80. The summed E-state index contributed by atoms with van der Waals surface area (Å²) >= 11 is 0. The number of rotatable bonds is 5. The van der Waals surface area contributed by atoms with E-state index in [9.17, 15) is 14.7 Å². The summed E-state index contributed by atoms with van der Waals surface area (Å²) in [5.41, 5.74) is 0.893. The van der Waals surface area contributed by atoms with Gasteiger partial charge < -0.3 is 19.9 Å². The lowest BCUT2D eigenvalue weighted by molar-refractivity contribution is 0.0696. The molecule has 0 spiro atoms. The lowest BCUT2D eigenvalue weighted by Crippen LogP contribution is -2.45. The number of hydrogen-bond donors (Lipinski definition) is 2. The molecular formula is C19H19NO5. The number of para-hydroxylation sites is 1. The monoisotopic (exact) mass is 341 g/mol. The van der Waals surface area contributed by atoms with Gasteiger partial charge in [0.15, 0.2) is 0 Å². The summed E-state index contributed by atoms with van der Waals surface area (Å²) in [5.74, 6) is -0.680. The predicted molar refractivity (Wildman–Crippen MR) is 91.1 cm³/mol. The minimum atomic E-state index is -1.05. The zero-order chi connectivity index (χ0) is 17.8. The Morgan fingerprint density at radius 3 is 2.52 bits per heavy atom. The first-order valence-corrected chi connectivity index (χ1v) is 7.99. The molecule has 0 aromatic heterocycles. The molecule has 0 saturated carbocycles. The molecule has 6 nitrogen and oxygen atoms in total. The van der Waals surface area contributed by atoms with Gasteiger partial charge in [-0.2, -0.15) is 0 Å². The molecule has 1 aliphatic heterocycles. The van der Waals surface area contributed by atoms with E-state index in [1.807, 2.05) is 30.3 Å². The van der Waals surface area contributed by atoms with Gasteiger partial charge in [-0.15, -0.1) is 0 Å². The van der Waals surface area contributed by atoms with Gasteiger partial charge in [0, 0.05) is 5.56 Å². The van der Waals surface area contributed by atoms with Crippen LogP contribution in [0, 0.1) is 6.92 Å². The minimum absolute atomic E-state index is 0.118. The van der Waals surface area contributed by atoms with Crippen molar-refractivity contribution in [3.05, 3.63) is 65.2 Å². The SMILES string of the molecule is Cc1c(C(=O)O)cccc1C(=O)N[C@@H]1COC[C@@H]1Oc1ccccc1. The highest BCUT2D eigenvalue weighted by molar-refractivity contribution is 6.00. The number of ether oxygens (including phenoxy) is 2. The molecule has 2 N–H and O–H groups in total. The lowest BCUT2D eigenvalue weighted by Gasteiger charge is -2.21. The van der Waals surface area contributed by atoms with Gasteiger partial charge in [-0.25, -0.2) is 4.79 Å². The van der Waals surface area contributed by atoms with Crippen LogP contribution in [-0.2, 0) is 4.74 Å². The molecule has 1 saturated heterocycles. The number of carboxylic acids is 1. The molecule has 2 aromatic carbocycles. The van der Waals surface area contributed by atoms with Crippen LogP contribution in [0.2, 0.25) is 0 Å². The summed E-state index contributed by atoms with van der Waals surface area (Å²) in [6.45, 7) is 2.36. The van der Waals surface area contributed by atoms with Gasteiger partial charge >= 0.3 is 5.97 Å². The van der Waals surface area contributed by atoms with Crippen molar-refractivity contribution in [1.29, 1.82) is 0 Å². The molecule has 1 heterocycles. The van der Waals surface area contributed by atoms with E-state index in [2.05, 4.69) is 5.32 Å². The highest BCUT2D eigenvalue weighted by Crippen LogP contribution is 2.18. The number of amides is 1. The fourth-order valence-electron chi connectivity index (χ4n) is 2.82. The molecule has 1 aliphatic rings. The molecule has 6 heteroatoms. The van der Waals surface area contributed by atoms with Crippen LogP contribution < -0.4 is 10.1 Å². The molecule has 0 bridgehead atoms. The van der Waals surface area contributed by atoms with E-state index in [-0.39, 0.29) is 23.6 Å². The van der Waals surface area contributed by atoms with E-state index < -0.39 is 5.97 Å². The smallest absolute Gasteiger partial charge is 0.335 e. The van der Waals surface area contributed by atoms with Crippen molar-refractivity contribution in [2.75, 3.05) is 13.2 Å². The number of carboxylic acid groups (broad SMARTS) is 1. The van der Waals surface area contributed by atoms with E-state index in [0.717, 1.165) is 0 Å². The van der Waals surface area contributed by atoms with Gasteiger partial charge in [-0.1, -0.05) is 24.3 Å². The Hall–Kier alpha value is -2.86. The molecule has 130 valence electrons. The first-order valence-electron chi connectivity index (χ1n) is 7.99. The van der Waals surface area contributed by atoms with Crippen LogP contribution in [0.4, 0.5) is 0 Å². The molecule has 0 unspecified atom stereocenters. The number of carbonyl (C=O) groups excluding carboxylic acids is 1. The Kier molecular flexibility index (Phi) is 5.00. The zero-order valence-corrected chi connectivity index (χ0v) is 13.8. The molecule has 1 amide bonds. The van der Waals surface area contributed by atoms with Crippen LogP contribution in [0.25, 0.3) is 0 Å². The fourth-order valence-corrected chi connectivity index (χ4v) is 2.82. The largest absolute Gasteiger partial charge is 0.486 e. The molecule has 1 fully saturated rings. The Morgan fingerprint density at radius 1 is 1.08 bits per heavy atom. The summed E-state index contributed by atoms with van der Waals surface area (Å²) in [4.78, 5) is 23.8. The van der Waals surface area contributed by atoms with Gasteiger partial charge in [-0.3, -0.25) is 4.79 Å². The van der Waals surface area contributed by atoms with Crippen molar-refractivity contribution in [3.8, 4) is 5.75 Å². The summed E-state index contributed by atoms with van der Waals surface area (Å²) in [5, 5.41) is 12.1. The topological polar surface area (TPSA) is 84.9 Å². The average Bonchev–Trinajstić information content (AvgIpc) is 3.02. The van der Waals surface area contributed by atoms with Gasteiger partial charge in [0.2, 0.25) is 0 Å². The number of carbonyl (C=O) groups is 2. The Morgan fingerprint density at radius 2 is 1.80 bits per heavy atom. The van der Waals surface area contributed by atoms with Crippen molar-refractivity contribution in [2.45, 2.75) is 19.1 Å². The Balaban J connectivity index is 1.72. The maximum absolute atomic E-state index is 12.6. The van der Waals surface area contributed by atoms with Gasteiger partial charge in [0.1, 0.15) is 11.9 Å². The minimum Gasteiger partial charge on any atom is -0.486 e. The van der Waals surface area contributed by atoms with Crippen LogP contribution >= 0.6 is 0 Å². The second-order valence-corrected chi connectivity index (χ2v) is 5.87. The van der Waals surface area contributed by atoms with Gasteiger partial charge in [0.05, 0.1) is 24.8 Å². The van der Waals surface area contributed by atoms with E-state index in [1.165, 1.54) is 6.07 Å². The normalized spacial score (nSPS) is 19.4. The average molecular weight is 341 g/mol. The van der Waals surface area contributed by atoms with Gasteiger partial charge in [0.25, 0.3) is 5.91 Å². The quantitative estimate of drug-likeness (QED) is 0.871. The number of hydrogen-bond acceptors (Lipinski definition) is 4. The van der Waals surface area contributed by atoms with Gasteiger partial charge in [-0.05, 0) is 36.8 Å². The Labute approximate surface area is 145 Å². The fraction of sp³-hybridized carbons (Fsp3) is 0.263. The molecule has 2 atom stereocenters. The summed E-state index contributed by atoms with van der Waals surface area (Å²) in [6.07, 6.45) is -0.297. The van der Waals surface area contributed by atoms with E-state index >= 15 is 0 Å². The lowest BCUT2D eigenvalue weighted by atomic mass is 10.0. The van der Waals surface area contributed by atoms with Crippen molar-refractivity contribution in [3.63, 3.8) is 0 Å². The second kappa shape index (κ2) is 7.36. The summed E-state index contributed by atoms with van der Waals surface area (Å²) < 4.78 is 11.3. The van der Waals surface area contributed by atoms with Crippen molar-refractivity contribution >= 4 is 11.9 Å². The summed E-state index contributed by atoms with van der Waals surface area (Å²) in [7, 11) is 0. The number of benzene rings is 2. The van der Waals surface area contributed by atoms with Crippen LogP contribution in [0.3, 0.4) is 0 Å². The predicted octanol–water partition coefficient (Wildman–Crippen LogP) is 2.27. The molecule has 3 rings (SSSR count). The zero-order valence-electron chi connectivity index (χ0n) is 13.8. The van der Waals surface area contributed by atoms with E-state index in [4.69, 9.17) is 9.47 Å². The van der Waals surface area contributed by atoms with Crippen LogP contribution in [-0.4, -0.2) is 42.3 Å². The molecule has 0 aliphatic carbocycles. The highest BCUT2D eigenvalue weighted by Gasteiger charge is 2.32. The third-order valence-corrected chi connectivity index (χ3v) is 4.18. The third-order valence-electron chi connectivity index (χ3n) is 4.18. The van der Waals surface area contributed by atoms with Crippen LogP contribution in [0.15, 0.2) is 48.5 Å². The van der Waals surface area contributed by atoms with E-state index in [1.54, 1.807) is 19.1 Å². The van der Waals surface area contributed by atoms with Crippen molar-refractivity contribution < 1.29 is 24.2 Å². The van der Waals surface area contributed by atoms with Crippen molar-refractivity contribution in [1.82, 2.24) is 5.32 Å². The second-order valence-electron chi connectivity index (χ2n) is 5.87. The van der Waals surface area contributed by atoms with Crippen molar-refractivity contribution in [2.24, 2.45) is 0 Å². The van der Waals surface area contributed by atoms with Crippen LogP contribution in [0.5, 0.6) is 5.75 Å². The molecule has 0 radical (unpaired) electrons. The number of aromatic carboxylic acids is 1. The first-order chi connectivity index (χ1) is 12.1.